The molecule has 3 heterocycles. The van der Waals surface area contributed by atoms with Crippen molar-refractivity contribution in [3.63, 3.8) is 0 Å². The van der Waals surface area contributed by atoms with Crippen molar-refractivity contribution in [2.45, 2.75) is 25.9 Å². The van der Waals surface area contributed by atoms with E-state index < -0.39 is 0 Å². The number of rotatable bonds is 4. The molecule has 0 aliphatic carbocycles. The van der Waals surface area contributed by atoms with Crippen molar-refractivity contribution < 1.29 is 13.9 Å². The number of nitrogens with one attached hydrogen (secondary N) is 1. The number of thiazole rings is 1. The van der Waals surface area contributed by atoms with Crippen molar-refractivity contribution in [3.8, 4) is 10.8 Å². The van der Waals surface area contributed by atoms with E-state index in [1.165, 1.54) is 11.3 Å². The van der Waals surface area contributed by atoms with Gasteiger partial charge in [-0.3, -0.25) is 4.79 Å². The third-order valence-electron chi connectivity index (χ3n) is 3.26. The number of ether oxygens (including phenoxy) is 1. The molecule has 106 valence electrons. The van der Waals surface area contributed by atoms with Gasteiger partial charge in [-0.15, -0.1) is 11.3 Å². The summed E-state index contributed by atoms with van der Waals surface area (Å²) >= 11 is 1.46. The van der Waals surface area contributed by atoms with Crippen molar-refractivity contribution >= 4 is 17.2 Å². The van der Waals surface area contributed by atoms with Crippen molar-refractivity contribution in [2.24, 2.45) is 0 Å². The maximum atomic E-state index is 12.2. The first-order chi connectivity index (χ1) is 9.74. The van der Waals surface area contributed by atoms with Crippen LogP contribution in [-0.4, -0.2) is 30.1 Å². The summed E-state index contributed by atoms with van der Waals surface area (Å²) in [6.45, 7) is 3.23. The third kappa shape index (κ3) is 2.76. The molecule has 0 radical (unpaired) electrons. The van der Waals surface area contributed by atoms with Crippen LogP contribution in [0.1, 0.15) is 28.2 Å². The number of hydrogen-bond acceptors (Lipinski definition) is 5. The summed E-state index contributed by atoms with van der Waals surface area (Å²) in [5, 5.41) is 3.62. The Morgan fingerprint density at radius 2 is 2.50 bits per heavy atom. The van der Waals surface area contributed by atoms with Crippen molar-refractivity contribution in [2.75, 3.05) is 13.2 Å². The number of nitrogens with zero attached hydrogens (tertiary/aromatic N) is 1. The molecule has 0 unspecified atom stereocenters. The van der Waals surface area contributed by atoms with Crippen LogP contribution in [0.3, 0.4) is 0 Å². The summed E-state index contributed by atoms with van der Waals surface area (Å²) in [6, 6.07) is 3.65. The standard InChI is InChI=1S/C14H16N2O3S/c1-9-12(13(17)15-8-10-4-2-6-18-10)16-14(20-9)11-5-3-7-19-11/h3,5,7,10H,2,4,6,8H2,1H3,(H,15,17)/t10-/m0/s1. The van der Waals surface area contributed by atoms with Crippen LogP contribution in [0.4, 0.5) is 0 Å². The molecule has 2 aromatic rings. The first kappa shape index (κ1) is 13.3. The van der Waals surface area contributed by atoms with Crippen LogP contribution in [0, 0.1) is 6.92 Å². The lowest BCUT2D eigenvalue weighted by atomic mass is 10.2. The van der Waals surface area contributed by atoms with E-state index in [-0.39, 0.29) is 12.0 Å². The first-order valence-electron chi connectivity index (χ1n) is 6.65. The molecule has 1 amide bonds. The van der Waals surface area contributed by atoms with Crippen LogP contribution in [-0.2, 0) is 4.74 Å². The Labute approximate surface area is 121 Å². The highest BCUT2D eigenvalue weighted by molar-refractivity contribution is 7.15. The lowest BCUT2D eigenvalue weighted by Gasteiger charge is -2.09. The Bertz CT molecular complexity index is 586. The van der Waals surface area contributed by atoms with Crippen molar-refractivity contribution in [3.05, 3.63) is 29.0 Å². The van der Waals surface area contributed by atoms with E-state index >= 15 is 0 Å². The summed E-state index contributed by atoms with van der Waals surface area (Å²) in [5.41, 5.74) is 0.472. The molecule has 1 atom stereocenters. The summed E-state index contributed by atoms with van der Waals surface area (Å²) in [5.74, 6) is 0.545. The van der Waals surface area contributed by atoms with E-state index in [2.05, 4.69) is 10.3 Å². The van der Waals surface area contributed by atoms with Gasteiger partial charge in [0.05, 0.1) is 12.4 Å². The zero-order valence-electron chi connectivity index (χ0n) is 11.2. The van der Waals surface area contributed by atoms with E-state index in [4.69, 9.17) is 9.15 Å². The fourth-order valence-corrected chi connectivity index (χ4v) is 3.09. The molecule has 0 spiro atoms. The zero-order valence-corrected chi connectivity index (χ0v) is 12.0. The van der Waals surface area contributed by atoms with E-state index in [0.717, 1.165) is 29.3 Å². The van der Waals surface area contributed by atoms with Crippen molar-refractivity contribution in [1.82, 2.24) is 10.3 Å². The summed E-state index contributed by atoms with van der Waals surface area (Å²) in [4.78, 5) is 17.4. The molecule has 1 aliphatic rings. The first-order valence-corrected chi connectivity index (χ1v) is 7.47. The van der Waals surface area contributed by atoms with Crippen LogP contribution in [0.5, 0.6) is 0 Å². The van der Waals surface area contributed by atoms with Gasteiger partial charge in [0, 0.05) is 18.0 Å². The molecule has 5 nitrogen and oxygen atoms in total. The highest BCUT2D eigenvalue weighted by atomic mass is 32.1. The normalized spacial score (nSPS) is 18.4. The highest BCUT2D eigenvalue weighted by Gasteiger charge is 2.20. The number of aryl methyl sites for hydroxylation is 1. The molecule has 0 bridgehead atoms. The molecule has 20 heavy (non-hydrogen) atoms. The van der Waals surface area contributed by atoms with Gasteiger partial charge < -0.3 is 14.5 Å². The Morgan fingerprint density at radius 3 is 3.20 bits per heavy atom. The average Bonchev–Trinajstić information content (AvgIpc) is 3.17. The molecule has 0 saturated carbocycles. The predicted molar refractivity (Wildman–Crippen MR) is 75.9 cm³/mol. The van der Waals surface area contributed by atoms with Gasteiger partial charge in [0.15, 0.2) is 10.8 Å². The predicted octanol–water partition coefficient (Wildman–Crippen LogP) is 2.62. The molecule has 1 fully saturated rings. The molecule has 3 rings (SSSR count). The van der Waals surface area contributed by atoms with E-state index in [1.807, 2.05) is 19.1 Å². The van der Waals surface area contributed by atoms with Gasteiger partial charge in [-0.2, -0.15) is 0 Å². The minimum absolute atomic E-state index is 0.141. The molecule has 2 aromatic heterocycles. The Morgan fingerprint density at radius 1 is 1.60 bits per heavy atom. The fraction of sp³-hybridized carbons (Fsp3) is 0.429. The lowest BCUT2D eigenvalue weighted by Crippen LogP contribution is -2.32. The largest absolute Gasteiger partial charge is 0.462 e. The number of furan rings is 1. The summed E-state index contributed by atoms with van der Waals surface area (Å²) in [7, 11) is 0. The van der Waals surface area contributed by atoms with Gasteiger partial charge in [-0.05, 0) is 31.9 Å². The van der Waals surface area contributed by atoms with Crippen LogP contribution < -0.4 is 5.32 Å². The van der Waals surface area contributed by atoms with E-state index in [1.54, 1.807) is 6.26 Å². The second kappa shape index (κ2) is 5.76. The van der Waals surface area contributed by atoms with E-state index in [0.29, 0.717) is 18.0 Å². The molecule has 1 N–H and O–H groups in total. The van der Waals surface area contributed by atoms with Crippen LogP contribution in [0.2, 0.25) is 0 Å². The monoisotopic (exact) mass is 292 g/mol. The second-order valence-electron chi connectivity index (χ2n) is 4.75. The van der Waals surface area contributed by atoms with Gasteiger partial charge >= 0.3 is 0 Å². The number of carbonyl (C=O) groups is 1. The maximum absolute atomic E-state index is 12.2. The number of carbonyl (C=O) groups excluding carboxylic acids is 1. The maximum Gasteiger partial charge on any atom is 0.271 e. The zero-order chi connectivity index (χ0) is 13.9. The number of aromatic nitrogens is 1. The third-order valence-corrected chi connectivity index (χ3v) is 4.24. The smallest absolute Gasteiger partial charge is 0.271 e. The fourth-order valence-electron chi connectivity index (χ4n) is 2.21. The topological polar surface area (TPSA) is 64.4 Å². The molecule has 6 heteroatoms. The second-order valence-corrected chi connectivity index (χ2v) is 5.95. The van der Waals surface area contributed by atoms with Crippen LogP contribution >= 0.6 is 11.3 Å². The minimum atomic E-state index is -0.146. The van der Waals surface area contributed by atoms with Gasteiger partial charge in [-0.25, -0.2) is 4.98 Å². The molecular formula is C14H16N2O3S. The number of amides is 1. The summed E-state index contributed by atoms with van der Waals surface area (Å²) in [6.07, 6.45) is 3.82. The van der Waals surface area contributed by atoms with Gasteiger partial charge in [0.2, 0.25) is 0 Å². The van der Waals surface area contributed by atoms with Crippen LogP contribution in [0.25, 0.3) is 10.8 Å². The minimum Gasteiger partial charge on any atom is -0.462 e. The summed E-state index contributed by atoms with van der Waals surface area (Å²) < 4.78 is 10.8. The molecular weight excluding hydrogens is 276 g/mol. The number of hydrogen-bond donors (Lipinski definition) is 1. The molecule has 0 aromatic carbocycles. The van der Waals surface area contributed by atoms with Crippen molar-refractivity contribution in [1.29, 1.82) is 0 Å². The Balaban J connectivity index is 1.68. The molecule has 1 saturated heterocycles. The van der Waals surface area contributed by atoms with Gasteiger partial charge in [0.25, 0.3) is 5.91 Å². The van der Waals surface area contributed by atoms with Gasteiger partial charge in [-0.1, -0.05) is 0 Å². The van der Waals surface area contributed by atoms with Crippen LogP contribution in [0.15, 0.2) is 22.8 Å². The lowest BCUT2D eigenvalue weighted by molar-refractivity contribution is 0.0854. The quantitative estimate of drug-likeness (QED) is 0.941. The Kier molecular flexibility index (Phi) is 3.84. The average molecular weight is 292 g/mol. The highest BCUT2D eigenvalue weighted by Crippen LogP contribution is 2.27. The van der Waals surface area contributed by atoms with E-state index in [9.17, 15) is 4.79 Å². The Hall–Kier alpha value is -1.66. The SMILES string of the molecule is Cc1sc(-c2ccco2)nc1C(=O)NC[C@@H]1CCCO1. The molecule has 1 aliphatic heterocycles. The van der Waals surface area contributed by atoms with Gasteiger partial charge in [0.1, 0.15) is 5.69 Å².